The Hall–Kier alpha value is -2.93. The number of hydrogen-bond acceptors (Lipinski definition) is 4. The molecule has 1 aliphatic heterocycles. The molecule has 0 radical (unpaired) electrons. The fourth-order valence-corrected chi connectivity index (χ4v) is 4.20. The number of aromatic amines is 1. The summed E-state index contributed by atoms with van der Waals surface area (Å²) < 4.78 is 13.0. The highest BCUT2D eigenvalue weighted by atomic mass is 32.2. The fourth-order valence-electron chi connectivity index (χ4n) is 3.35. The summed E-state index contributed by atoms with van der Waals surface area (Å²) >= 11 is 1.35. The highest BCUT2D eigenvalue weighted by Gasteiger charge is 2.21. The number of halogens is 1. The summed E-state index contributed by atoms with van der Waals surface area (Å²) in [5, 5.41) is 0.452. The van der Waals surface area contributed by atoms with E-state index in [0.717, 1.165) is 12.0 Å². The van der Waals surface area contributed by atoms with E-state index in [1.165, 1.54) is 41.1 Å². The van der Waals surface area contributed by atoms with Crippen molar-refractivity contribution in [1.29, 1.82) is 0 Å². The maximum atomic E-state index is 13.0. The van der Waals surface area contributed by atoms with Crippen LogP contribution in [0.25, 0.3) is 0 Å². The topological polar surface area (TPSA) is 66.1 Å². The lowest BCUT2D eigenvalue weighted by molar-refractivity contribution is -0.131. The molecule has 3 aromatic rings. The van der Waals surface area contributed by atoms with Crippen molar-refractivity contribution in [3.63, 3.8) is 0 Å². The third kappa shape index (κ3) is 4.92. The van der Waals surface area contributed by atoms with Gasteiger partial charge in [0, 0.05) is 24.9 Å². The summed E-state index contributed by atoms with van der Waals surface area (Å²) in [6.45, 7) is 1.26. The Balaban J connectivity index is 1.41. The third-order valence-electron chi connectivity index (χ3n) is 4.88. The number of amides is 1. The van der Waals surface area contributed by atoms with E-state index < -0.39 is 0 Å². The van der Waals surface area contributed by atoms with Crippen molar-refractivity contribution in [3.05, 3.63) is 93.2 Å². The van der Waals surface area contributed by atoms with Crippen molar-refractivity contribution in [2.75, 3.05) is 6.54 Å². The summed E-state index contributed by atoms with van der Waals surface area (Å²) in [7, 11) is 0. The van der Waals surface area contributed by atoms with Gasteiger partial charge in [-0.15, -0.1) is 0 Å². The van der Waals surface area contributed by atoms with Crippen LogP contribution in [-0.4, -0.2) is 27.3 Å². The highest BCUT2D eigenvalue weighted by Crippen LogP contribution is 2.21. The SMILES string of the molecule is O=C(Cc1cc(=O)[nH]c(SCc2ccc(F)cc2)n1)N1CCc2ccccc2C1. The van der Waals surface area contributed by atoms with Crippen LogP contribution >= 0.6 is 11.8 Å². The first-order valence-electron chi connectivity index (χ1n) is 9.39. The largest absolute Gasteiger partial charge is 0.338 e. The van der Waals surface area contributed by atoms with Crippen molar-refractivity contribution < 1.29 is 9.18 Å². The molecule has 7 heteroatoms. The predicted molar refractivity (Wildman–Crippen MR) is 110 cm³/mol. The molecule has 0 saturated carbocycles. The molecule has 1 aliphatic rings. The third-order valence-corrected chi connectivity index (χ3v) is 5.82. The average Bonchev–Trinajstić information content (AvgIpc) is 2.72. The molecular formula is C22H20FN3O2S. The molecule has 0 saturated heterocycles. The molecule has 1 aromatic heterocycles. The van der Waals surface area contributed by atoms with Gasteiger partial charge >= 0.3 is 0 Å². The van der Waals surface area contributed by atoms with Gasteiger partial charge < -0.3 is 9.88 Å². The smallest absolute Gasteiger partial charge is 0.251 e. The molecule has 0 unspecified atom stereocenters. The number of H-pyrrole nitrogens is 1. The van der Waals surface area contributed by atoms with E-state index in [2.05, 4.69) is 16.0 Å². The standard InChI is InChI=1S/C22H20FN3O2S/c23-18-7-5-15(6-8-18)14-29-22-24-19(11-20(27)25-22)12-21(28)26-10-9-16-3-1-2-4-17(16)13-26/h1-8,11H,9-10,12-14H2,(H,24,25,27). The first kappa shape index (κ1) is 19.4. The fraction of sp³-hybridized carbons (Fsp3) is 0.227. The van der Waals surface area contributed by atoms with Crippen LogP contribution in [0, 0.1) is 5.82 Å². The van der Waals surface area contributed by atoms with Crippen LogP contribution in [0.1, 0.15) is 22.4 Å². The van der Waals surface area contributed by atoms with Gasteiger partial charge in [0.15, 0.2) is 5.16 Å². The molecule has 4 rings (SSSR count). The number of carbonyl (C=O) groups is 1. The Morgan fingerprint density at radius 1 is 1.14 bits per heavy atom. The van der Waals surface area contributed by atoms with E-state index in [1.807, 2.05) is 23.1 Å². The number of nitrogens with one attached hydrogen (secondary N) is 1. The average molecular weight is 409 g/mol. The maximum absolute atomic E-state index is 13.0. The summed E-state index contributed by atoms with van der Waals surface area (Å²) in [5.74, 6) is 0.224. The van der Waals surface area contributed by atoms with Crippen LogP contribution in [0.4, 0.5) is 4.39 Å². The highest BCUT2D eigenvalue weighted by molar-refractivity contribution is 7.98. The van der Waals surface area contributed by atoms with Crippen LogP contribution in [0.15, 0.2) is 64.5 Å². The summed E-state index contributed by atoms with van der Waals surface area (Å²) in [6, 6.07) is 15.7. The van der Waals surface area contributed by atoms with Crippen LogP contribution < -0.4 is 5.56 Å². The number of nitrogens with zero attached hydrogens (tertiary/aromatic N) is 2. The second-order valence-corrected chi connectivity index (χ2v) is 7.93. The van der Waals surface area contributed by atoms with Crippen molar-refractivity contribution >= 4 is 17.7 Å². The zero-order valence-corrected chi connectivity index (χ0v) is 16.5. The van der Waals surface area contributed by atoms with E-state index in [4.69, 9.17) is 0 Å². The van der Waals surface area contributed by atoms with E-state index in [0.29, 0.717) is 29.7 Å². The second kappa shape index (κ2) is 8.61. The van der Waals surface area contributed by atoms with Gasteiger partial charge in [-0.25, -0.2) is 9.37 Å². The monoisotopic (exact) mass is 409 g/mol. The van der Waals surface area contributed by atoms with E-state index in [-0.39, 0.29) is 23.7 Å². The zero-order valence-electron chi connectivity index (χ0n) is 15.7. The second-order valence-electron chi connectivity index (χ2n) is 6.97. The molecule has 0 aliphatic carbocycles. The van der Waals surface area contributed by atoms with Crippen molar-refractivity contribution in [2.24, 2.45) is 0 Å². The van der Waals surface area contributed by atoms with E-state index in [1.54, 1.807) is 12.1 Å². The van der Waals surface area contributed by atoms with Crippen LogP contribution in [0.3, 0.4) is 0 Å². The molecule has 1 amide bonds. The molecule has 0 bridgehead atoms. The quantitative estimate of drug-likeness (QED) is 0.519. The van der Waals surface area contributed by atoms with Crippen molar-refractivity contribution in [1.82, 2.24) is 14.9 Å². The van der Waals surface area contributed by atoms with Gasteiger partial charge in [-0.2, -0.15) is 0 Å². The van der Waals surface area contributed by atoms with E-state index >= 15 is 0 Å². The first-order valence-corrected chi connectivity index (χ1v) is 10.4. The predicted octanol–water partition coefficient (Wildman–Crippen LogP) is 3.33. The molecule has 0 spiro atoms. The molecule has 148 valence electrons. The number of carbonyl (C=O) groups excluding carboxylic acids is 1. The van der Waals surface area contributed by atoms with Gasteiger partial charge in [0.25, 0.3) is 5.56 Å². The lowest BCUT2D eigenvalue weighted by Gasteiger charge is -2.28. The number of benzene rings is 2. The Labute approximate surface area is 172 Å². The maximum Gasteiger partial charge on any atom is 0.251 e. The Morgan fingerprint density at radius 3 is 2.69 bits per heavy atom. The summed E-state index contributed by atoms with van der Waals surface area (Å²) in [4.78, 5) is 33.7. The normalized spacial score (nSPS) is 13.2. The molecule has 1 N–H and O–H groups in total. The van der Waals surface area contributed by atoms with Crippen molar-refractivity contribution in [2.45, 2.75) is 30.3 Å². The lowest BCUT2D eigenvalue weighted by Crippen LogP contribution is -2.37. The zero-order chi connectivity index (χ0) is 20.2. The van der Waals surface area contributed by atoms with Crippen LogP contribution in [0.5, 0.6) is 0 Å². The number of hydrogen-bond donors (Lipinski definition) is 1. The Bertz CT molecular complexity index is 1080. The van der Waals surface area contributed by atoms with Gasteiger partial charge in [0.1, 0.15) is 5.82 Å². The molecule has 5 nitrogen and oxygen atoms in total. The van der Waals surface area contributed by atoms with Crippen LogP contribution in [0.2, 0.25) is 0 Å². The number of thioether (sulfide) groups is 1. The number of rotatable bonds is 5. The van der Waals surface area contributed by atoms with Crippen molar-refractivity contribution in [3.8, 4) is 0 Å². The number of fused-ring (bicyclic) bond motifs is 1. The molecule has 0 fully saturated rings. The summed E-state index contributed by atoms with van der Waals surface area (Å²) in [6.07, 6.45) is 0.930. The van der Waals surface area contributed by atoms with Crippen LogP contribution in [-0.2, 0) is 29.9 Å². The summed E-state index contributed by atoms with van der Waals surface area (Å²) in [5.41, 5.74) is 3.55. The van der Waals surface area contributed by atoms with Gasteiger partial charge in [-0.05, 0) is 35.2 Å². The minimum absolute atomic E-state index is 0.0351. The molecule has 2 heterocycles. The van der Waals surface area contributed by atoms with Gasteiger partial charge in [-0.3, -0.25) is 9.59 Å². The number of aromatic nitrogens is 2. The molecular weight excluding hydrogens is 389 g/mol. The molecule has 29 heavy (non-hydrogen) atoms. The van der Waals surface area contributed by atoms with Gasteiger partial charge in [-0.1, -0.05) is 48.2 Å². The minimum atomic E-state index is -0.286. The van der Waals surface area contributed by atoms with E-state index in [9.17, 15) is 14.0 Å². The first-order chi connectivity index (χ1) is 14.1. The Kier molecular flexibility index (Phi) is 5.76. The Morgan fingerprint density at radius 2 is 1.90 bits per heavy atom. The molecule has 2 aromatic carbocycles. The lowest BCUT2D eigenvalue weighted by atomic mass is 9.99. The minimum Gasteiger partial charge on any atom is -0.338 e. The molecule has 0 atom stereocenters. The van der Waals surface area contributed by atoms with Gasteiger partial charge in [0.05, 0.1) is 12.1 Å². The van der Waals surface area contributed by atoms with Gasteiger partial charge in [0.2, 0.25) is 5.91 Å².